The van der Waals surface area contributed by atoms with Crippen molar-refractivity contribution in [3.05, 3.63) is 93.7 Å². The van der Waals surface area contributed by atoms with Crippen LogP contribution in [0.2, 0.25) is 0 Å². The molecule has 0 spiro atoms. The molecule has 3 rings (SSSR count). The maximum Gasteiger partial charge on any atom is 0.262 e. The van der Waals surface area contributed by atoms with Crippen molar-refractivity contribution >= 4 is 23.2 Å². The van der Waals surface area contributed by atoms with E-state index >= 15 is 0 Å². The Bertz CT molecular complexity index is 985. The van der Waals surface area contributed by atoms with Crippen molar-refractivity contribution in [1.82, 2.24) is 15.5 Å². The number of benzene rings is 2. The van der Waals surface area contributed by atoms with Gasteiger partial charge in [0, 0.05) is 19.5 Å². The Morgan fingerprint density at radius 1 is 0.906 bits per heavy atom. The summed E-state index contributed by atoms with van der Waals surface area (Å²) in [5.41, 5.74) is 3.30. The molecule has 1 heterocycles. The molecule has 0 aliphatic heterocycles. The lowest BCUT2D eigenvalue weighted by Crippen LogP contribution is -2.47. The van der Waals surface area contributed by atoms with Crippen LogP contribution in [0.3, 0.4) is 0 Å². The van der Waals surface area contributed by atoms with E-state index in [4.69, 9.17) is 0 Å². The van der Waals surface area contributed by atoms with E-state index in [0.29, 0.717) is 17.8 Å². The summed E-state index contributed by atoms with van der Waals surface area (Å²) >= 11 is 1.36. The van der Waals surface area contributed by atoms with Gasteiger partial charge in [0.05, 0.1) is 4.88 Å². The maximum atomic E-state index is 13.1. The second-order valence-corrected chi connectivity index (χ2v) is 8.59. The molecule has 5 nitrogen and oxygen atoms in total. The highest BCUT2D eigenvalue weighted by Gasteiger charge is 2.22. The second kappa shape index (κ2) is 12.2. The molecular formula is C26H31N3O2S. The van der Waals surface area contributed by atoms with Gasteiger partial charge in [-0.05, 0) is 41.2 Å². The molecule has 1 aromatic heterocycles. The molecule has 32 heavy (non-hydrogen) atoms. The zero-order valence-corrected chi connectivity index (χ0v) is 19.5. The van der Waals surface area contributed by atoms with Crippen LogP contribution in [0.5, 0.6) is 0 Å². The second-order valence-electron chi connectivity index (χ2n) is 7.64. The van der Waals surface area contributed by atoms with Crippen molar-refractivity contribution in [2.24, 2.45) is 0 Å². The highest BCUT2D eigenvalue weighted by Crippen LogP contribution is 2.13. The van der Waals surface area contributed by atoms with Crippen LogP contribution in [0.1, 0.15) is 40.2 Å². The van der Waals surface area contributed by atoms with E-state index in [0.717, 1.165) is 30.8 Å². The van der Waals surface area contributed by atoms with Gasteiger partial charge in [0.1, 0.15) is 6.04 Å². The lowest BCUT2D eigenvalue weighted by atomic mass is 10.0. The molecule has 0 saturated heterocycles. The monoisotopic (exact) mass is 449 g/mol. The topological polar surface area (TPSA) is 61.4 Å². The smallest absolute Gasteiger partial charge is 0.262 e. The molecule has 1 atom stereocenters. The molecule has 2 N–H and O–H groups in total. The average Bonchev–Trinajstić information content (AvgIpc) is 3.37. The zero-order chi connectivity index (χ0) is 22.8. The van der Waals surface area contributed by atoms with Gasteiger partial charge in [0.2, 0.25) is 5.91 Å². The van der Waals surface area contributed by atoms with E-state index in [1.165, 1.54) is 16.9 Å². The van der Waals surface area contributed by atoms with Crippen LogP contribution >= 0.6 is 11.3 Å². The summed E-state index contributed by atoms with van der Waals surface area (Å²) < 4.78 is 0. The van der Waals surface area contributed by atoms with Crippen molar-refractivity contribution in [3.8, 4) is 0 Å². The first kappa shape index (κ1) is 23.7. The van der Waals surface area contributed by atoms with Gasteiger partial charge in [-0.3, -0.25) is 14.5 Å². The van der Waals surface area contributed by atoms with Crippen LogP contribution in [-0.4, -0.2) is 35.8 Å². The summed E-state index contributed by atoms with van der Waals surface area (Å²) in [4.78, 5) is 28.7. The number of carbonyl (C=O) groups is 2. The summed E-state index contributed by atoms with van der Waals surface area (Å²) in [5.74, 6) is -0.408. The van der Waals surface area contributed by atoms with E-state index in [1.54, 1.807) is 6.07 Å². The van der Waals surface area contributed by atoms with Crippen LogP contribution < -0.4 is 10.6 Å². The molecule has 168 valence electrons. The first-order valence-corrected chi connectivity index (χ1v) is 11.9. The van der Waals surface area contributed by atoms with Gasteiger partial charge in [-0.15, -0.1) is 11.3 Å². The number of hydrogen-bond donors (Lipinski definition) is 2. The van der Waals surface area contributed by atoms with E-state index in [2.05, 4.69) is 41.5 Å². The molecule has 0 unspecified atom stereocenters. The van der Waals surface area contributed by atoms with E-state index in [-0.39, 0.29) is 11.8 Å². The van der Waals surface area contributed by atoms with E-state index in [1.807, 2.05) is 53.9 Å². The Kier molecular flexibility index (Phi) is 9.01. The first-order chi connectivity index (χ1) is 15.6. The standard InChI is InChI=1S/C26H31N3O2S/c1-3-29(4-2)19-22-14-9-8-13-21(22)18-27-25(30)23(17-20-11-6-5-7-12-20)28-26(31)24-15-10-16-32-24/h5-16,23H,3-4,17-19H2,1-2H3,(H,27,30)(H,28,31)/t23-/m0/s1. The molecule has 0 bridgehead atoms. The molecule has 0 saturated carbocycles. The summed E-state index contributed by atoms with van der Waals surface area (Å²) in [5, 5.41) is 7.83. The molecule has 3 aromatic rings. The number of carbonyl (C=O) groups excluding carboxylic acids is 2. The lowest BCUT2D eigenvalue weighted by molar-refractivity contribution is -0.123. The number of amides is 2. The van der Waals surface area contributed by atoms with Gasteiger partial charge in [0.15, 0.2) is 0 Å². The largest absolute Gasteiger partial charge is 0.350 e. The average molecular weight is 450 g/mol. The van der Waals surface area contributed by atoms with Gasteiger partial charge in [-0.25, -0.2) is 0 Å². The third-order valence-corrected chi connectivity index (χ3v) is 6.38. The van der Waals surface area contributed by atoms with Crippen molar-refractivity contribution < 1.29 is 9.59 Å². The Hall–Kier alpha value is -2.96. The van der Waals surface area contributed by atoms with Gasteiger partial charge in [-0.1, -0.05) is 74.5 Å². The van der Waals surface area contributed by atoms with Crippen molar-refractivity contribution in [1.29, 1.82) is 0 Å². The van der Waals surface area contributed by atoms with Crippen molar-refractivity contribution in [2.45, 2.75) is 39.4 Å². The summed E-state index contributed by atoms with van der Waals surface area (Å²) in [6, 6.07) is 20.9. The minimum atomic E-state index is -0.651. The number of hydrogen-bond acceptors (Lipinski definition) is 4. The minimum absolute atomic E-state index is 0.184. The summed E-state index contributed by atoms with van der Waals surface area (Å²) in [7, 11) is 0. The normalized spacial score (nSPS) is 11.8. The SMILES string of the molecule is CCN(CC)Cc1ccccc1CNC(=O)[C@H](Cc1ccccc1)NC(=O)c1cccs1. The van der Waals surface area contributed by atoms with Crippen LogP contribution in [-0.2, 0) is 24.3 Å². The Labute approximate surface area is 194 Å². The fourth-order valence-electron chi connectivity index (χ4n) is 3.57. The summed E-state index contributed by atoms with van der Waals surface area (Å²) in [6.45, 7) is 7.53. The zero-order valence-electron chi connectivity index (χ0n) is 18.7. The Balaban J connectivity index is 1.70. The number of rotatable bonds is 11. The van der Waals surface area contributed by atoms with Crippen LogP contribution in [0.15, 0.2) is 72.1 Å². The highest BCUT2D eigenvalue weighted by molar-refractivity contribution is 7.12. The molecule has 2 aromatic carbocycles. The quantitative estimate of drug-likeness (QED) is 0.460. The third kappa shape index (κ3) is 6.77. The maximum absolute atomic E-state index is 13.1. The van der Waals surface area contributed by atoms with E-state index in [9.17, 15) is 9.59 Å². The predicted octanol–water partition coefficient (Wildman–Crippen LogP) is 4.25. The fourth-order valence-corrected chi connectivity index (χ4v) is 4.20. The molecular weight excluding hydrogens is 418 g/mol. The lowest BCUT2D eigenvalue weighted by Gasteiger charge is -2.21. The molecule has 0 aliphatic carbocycles. The predicted molar refractivity (Wildman–Crippen MR) is 131 cm³/mol. The van der Waals surface area contributed by atoms with Gasteiger partial charge in [-0.2, -0.15) is 0 Å². The van der Waals surface area contributed by atoms with Crippen LogP contribution in [0, 0.1) is 0 Å². The minimum Gasteiger partial charge on any atom is -0.350 e. The molecule has 0 aliphatic rings. The molecule has 0 radical (unpaired) electrons. The van der Waals surface area contributed by atoms with Crippen molar-refractivity contribution in [3.63, 3.8) is 0 Å². The highest BCUT2D eigenvalue weighted by atomic mass is 32.1. The fraction of sp³-hybridized carbons (Fsp3) is 0.308. The van der Waals surface area contributed by atoms with Gasteiger partial charge in [0.25, 0.3) is 5.91 Å². The van der Waals surface area contributed by atoms with Gasteiger partial charge < -0.3 is 10.6 Å². The molecule has 2 amide bonds. The number of thiophene rings is 1. The number of nitrogens with one attached hydrogen (secondary N) is 2. The van der Waals surface area contributed by atoms with Crippen molar-refractivity contribution in [2.75, 3.05) is 13.1 Å². The van der Waals surface area contributed by atoms with Gasteiger partial charge >= 0.3 is 0 Å². The van der Waals surface area contributed by atoms with Crippen LogP contribution in [0.4, 0.5) is 0 Å². The van der Waals surface area contributed by atoms with E-state index < -0.39 is 6.04 Å². The third-order valence-electron chi connectivity index (χ3n) is 5.51. The van der Waals surface area contributed by atoms with Crippen LogP contribution in [0.25, 0.3) is 0 Å². The summed E-state index contributed by atoms with van der Waals surface area (Å²) in [6.07, 6.45) is 0.435. The Morgan fingerprint density at radius 2 is 1.59 bits per heavy atom. The molecule has 0 fully saturated rings. The number of nitrogens with zero attached hydrogens (tertiary/aromatic N) is 1. The molecule has 6 heteroatoms. The first-order valence-electron chi connectivity index (χ1n) is 11.1. The Morgan fingerprint density at radius 3 is 2.25 bits per heavy atom.